The highest BCUT2D eigenvalue weighted by molar-refractivity contribution is 5.95. The summed E-state index contributed by atoms with van der Waals surface area (Å²) in [7, 11) is 3.52. The van der Waals surface area contributed by atoms with E-state index in [4.69, 9.17) is 10.5 Å². The number of halogens is 3. The minimum atomic E-state index is -4.57. The molecule has 0 atom stereocenters. The molecule has 13 heteroatoms. The molecule has 42 heavy (non-hydrogen) atoms. The molecule has 2 heterocycles. The van der Waals surface area contributed by atoms with Gasteiger partial charge in [0, 0.05) is 29.8 Å². The molecule has 0 unspecified atom stereocenters. The Bertz CT molecular complexity index is 1200. The van der Waals surface area contributed by atoms with E-state index in [0.717, 1.165) is 64.2 Å². The van der Waals surface area contributed by atoms with Crippen molar-refractivity contribution in [2.45, 2.75) is 77.1 Å². The molecule has 1 aromatic carbocycles. The number of alkyl halides is 3. The third kappa shape index (κ3) is 9.74. The van der Waals surface area contributed by atoms with Crippen LogP contribution in [-0.4, -0.2) is 66.0 Å². The highest BCUT2D eigenvalue weighted by Gasteiger charge is 2.36. The molecule has 2 amide bonds. The normalized spacial score (nSPS) is 16.8. The van der Waals surface area contributed by atoms with Crippen molar-refractivity contribution in [1.82, 2.24) is 20.2 Å². The number of amides is 2. The average molecular weight is 594 g/mol. The molecule has 0 radical (unpaired) electrons. The molecular weight excluding hydrogens is 551 g/mol. The lowest BCUT2D eigenvalue weighted by Crippen LogP contribution is -2.43. The summed E-state index contributed by atoms with van der Waals surface area (Å²) in [6.07, 6.45) is 2.65. The summed E-state index contributed by atoms with van der Waals surface area (Å²) in [6.45, 7) is 5.40. The minimum absolute atomic E-state index is 0.00290. The molecule has 10 nitrogen and oxygen atoms in total. The van der Waals surface area contributed by atoms with Crippen molar-refractivity contribution in [3.05, 3.63) is 35.5 Å². The first-order chi connectivity index (χ1) is 19.9. The first kappa shape index (κ1) is 32.9. The van der Waals surface area contributed by atoms with Gasteiger partial charge < -0.3 is 31.3 Å². The minimum Gasteiger partial charge on any atom is -0.495 e. The fourth-order valence-electron chi connectivity index (χ4n) is 4.68. The van der Waals surface area contributed by atoms with E-state index in [0.29, 0.717) is 17.0 Å². The number of likely N-dealkylation sites (tertiary alicyclic amines) is 1. The van der Waals surface area contributed by atoms with E-state index in [9.17, 15) is 22.8 Å². The number of piperidine rings is 1. The van der Waals surface area contributed by atoms with Gasteiger partial charge in [-0.1, -0.05) is 33.1 Å². The standard InChI is InChI=1S/C25H33F3N6O2.C4H9NO/c1-34-12-10-18(11-13-34)31-23(35)16-8-9-20(21(14-16)36-2)32-24-29-15-19(25(26,27)28)22(33-24)30-17-6-4-3-5-7-17;1-3(2)4(5)6/h8-9,14-15,17-18H,3-7,10-13H2,1-2H3,(H,31,35)(H2,29,30,32,33);3H,1-2H3,(H2,5,6). The van der Waals surface area contributed by atoms with E-state index in [1.807, 2.05) is 0 Å². The molecular formula is C29H42F3N7O3. The zero-order valence-corrected chi connectivity index (χ0v) is 24.7. The Hall–Kier alpha value is -3.61. The van der Waals surface area contributed by atoms with E-state index in [2.05, 4.69) is 37.9 Å². The maximum Gasteiger partial charge on any atom is 0.421 e. The number of aromatic nitrogens is 2. The zero-order chi connectivity index (χ0) is 30.9. The maximum atomic E-state index is 13.6. The monoisotopic (exact) mass is 593 g/mol. The van der Waals surface area contributed by atoms with Gasteiger partial charge in [-0.05, 0) is 64.0 Å². The molecule has 4 rings (SSSR count). The van der Waals surface area contributed by atoms with E-state index < -0.39 is 11.7 Å². The highest BCUT2D eigenvalue weighted by atomic mass is 19.4. The van der Waals surface area contributed by atoms with E-state index in [1.54, 1.807) is 32.0 Å². The number of nitrogens with two attached hydrogens (primary N) is 1. The molecule has 232 valence electrons. The van der Waals surface area contributed by atoms with Crippen LogP contribution in [0.5, 0.6) is 5.75 Å². The van der Waals surface area contributed by atoms with Crippen molar-refractivity contribution in [1.29, 1.82) is 0 Å². The van der Waals surface area contributed by atoms with Crippen LogP contribution >= 0.6 is 0 Å². The Morgan fingerprint density at radius 1 is 1.07 bits per heavy atom. The summed E-state index contributed by atoms with van der Waals surface area (Å²) in [5.41, 5.74) is 4.78. The summed E-state index contributed by atoms with van der Waals surface area (Å²) >= 11 is 0. The van der Waals surface area contributed by atoms with Gasteiger partial charge >= 0.3 is 6.18 Å². The van der Waals surface area contributed by atoms with Crippen LogP contribution in [0.4, 0.5) is 30.6 Å². The van der Waals surface area contributed by atoms with Gasteiger partial charge in [0.2, 0.25) is 11.9 Å². The van der Waals surface area contributed by atoms with Crippen LogP contribution in [0.3, 0.4) is 0 Å². The quantitative estimate of drug-likeness (QED) is 0.338. The zero-order valence-electron chi connectivity index (χ0n) is 24.7. The number of nitrogens with one attached hydrogen (secondary N) is 3. The first-order valence-corrected chi connectivity index (χ1v) is 14.3. The third-order valence-corrected chi connectivity index (χ3v) is 7.37. The number of hydrogen-bond donors (Lipinski definition) is 4. The predicted molar refractivity (Wildman–Crippen MR) is 156 cm³/mol. The van der Waals surface area contributed by atoms with Crippen molar-refractivity contribution in [3.8, 4) is 5.75 Å². The predicted octanol–water partition coefficient (Wildman–Crippen LogP) is 4.94. The topological polar surface area (TPSA) is 134 Å². The molecule has 5 N–H and O–H groups in total. The first-order valence-electron chi connectivity index (χ1n) is 14.3. The number of primary amides is 1. The number of ether oxygens (including phenoxy) is 1. The van der Waals surface area contributed by atoms with E-state index in [-0.39, 0.29) is 41.6 Å². The molecule has 1 saturated carbocycles. The molecule has 0 spiro atoms. The second kappa shape index (κ2) is 15.0. The number of benzene rings is 1. The molecule has 1 aliphatic carbocycles. The molecule has 2 aliphatic rings. The molecule has 0 bridgehead atoms. The Labute approximate surface area is 245 Å². The summed E-state index contributed by atoms with van der Waals surface area (Å²) in [5, 5.41) is 8.98. The number of carbonyl (C=O) groups excluding carboxylic acids is 2. The molecule has 2 fully saturated rings. The van der Waals surface area contributed by atoms with E-state index in [1.165, 1.54) is 7.11 Å². The van der Waals surface area contributed by atoms with Crippen molar-refractivity contribution in [2.24, 2.45) is 11.7 Å². The van der Waals surface area contributed by atoms with Gasteiger partial charge in [-0.25, -0.2) is 4.98 Å². The van der Waals surface area contributed by atoms with Gasteiger partial charge in [0.1, 0.15) is 17.1 Å². The van der Waals surface area contributed by atoms with Gasteiger partial charge in [-0.15, -0.1) is 0 Å². The van der Waals surface area contributed by atoms with E-state index >= 15 is 0 Å². The fourth-order valence-corrected chi connectivity index (χ4v) is 4.68. The van der Waals surface area contributed by atoms with Crippen LogP contribution in [-0.2, 0) is 11.0 Å². The van der Waals surface area contributed by atoms with Crippen LogP contribution in [0.15, 0.2) is 24.4 Å². The number of nitrogens with zero attached hydrogens (tertiary/aromatic N) is 3. The second-order valence-corrected chi connectivity index (χ2v) is 11.1. The summed E-state index contributed by atoms with van der Waals surface area (Å²) in [6, 6.07) is 4.93. The Balaban J connectivity index is 0.000000730. The lowest BCUT2D eigenvalue weighted by molar-refractivity contribution is -0.137. The van der Waals surface area contributed by atoms with Gasteiger partial charge in [-0.2, -0.15) is 18.2 Å². The largest absolute Gasteiger partial charge is 0.495 e. The molecule has 1 aromatic heterocycles. The van der Waals surface area contributed by atoms with Crippen LogP contribution in [0.1, 0.15) is 74.7 Å². The highest BCUT2D eigenvalue weighted by Crippen LogP contribution is 2.36. The smallest absolute Gasteiger partial charge is 0.421 e. The Morgan fingerprint density at radius 2 is 1.71 bits per heavy atom. The number of rotatable bonds is 8. The van der Waals surface area contributed by atoms with Crippen molar-refractivity contribution in [3.63, 3.8) is 0 Å². The van der Waals surface area contributed by atoms with Crippen molar-refractivity contribution >= 4 is 29.3 Å². The number of carbonyl (C=O) groups is 2. The summed E-state index contributed by atoms with van der Waals surface area (Å²) < 4.78 is 46.2. The maximum absolute atomic E-state index is 13.6. The lowest BCUT2D eigenvalue weighted by atomic mass is 9.95. The van der Waals surface area contributed by atoms with Gasteiger partial charge in [0.05, 0.1) is 12.8 Å². The van der Waals surface area contributed by atoms with Crippen molar-refractivity contribution < 1.29 is 27.5 Å². The van der Waals surface area contributed by atoms with Crippen LogP contribution < -0.4 is 26.4 Å². The Morgan fingerprint density at radius 3 is 2.29 bits per heavy atom. The number of anilines is 3. The summed E-state index contributed by atoms with van der Waals surface area (Å²) in [4.78, 5) is 32.9. The van der Waals surface area contributed by atoms with Crippen LogP contribution in [0, 0.1) is 5.92 Å². The number of hydrogen-bond acceptors (Lipinski definition) is 8. The Kier molecular flexibility index (Phi) is 11.8. The number of methoxy groups -OCH3 is 1. The SMILES string of the molecule is CC(C)C(N)=O.COc1cc(C(=O)NC2CCN(C)CC2)ccc1Nc1ncc(C(F)(F)F)c(NC2CCCCC2)n1. The summed E-state index contributed by atoms with van der Waals surface area (Å²) in [5.74, 6) is -0.321. The fraction of sp³-hybridized carbons (Fsp3) is 0.586. The average Bonchev–Trinajstić information content (AvgIpc) is 2.95. The lowest BCUT2D eigenvalue weighted by Gasteiger charge is -2.29. The van der Waals surface area contributed by atoms with Crippen LogP contribution in [0.2, 0.25) is 0 Å². The van der Waals surface area contributed by atoms with Crippen LogP contribution in [0.25, 0.3) is 0 Å². The van der Waals surface area contributed by atoms with Crippen molar-refractivity contribution in [2.75, 3.05) is 37.9 Å². The molecule has 1 saturated heterocycles. The molecule has 1 aliphatic heterocycles. The van der Waals surface area contributed by atoms with Gasteiger partial charge in [0.25, 0.3) is 5.91 Å². The second-order valence-electron chi connectivity index (χ2n) is 11.1. The third-order valence-electron chi connectivity index (χ3n) is 7.37. The van der Waals surface area contributed by atoms with Gasteiger partial charge in [-0.3, -0.25) is 9.59 Å². The van der Waals surface area contributed by atoms with Gasteiger partial charge in [0.15, 0.2) is 0 Å². The molecule has 2 aromatic rings.